The van der Waals surface area contributed by atoms with Gasteiger partial charge >= 0.3 is 6.03 Å². The lowest BCUT2D eigenvalue weighted by Crippen LogP contribution is -2.47. The molecule has 0 spiro atoms. The van der Waals surface area contributed by atoms with Crippen LogP contribution in [0.3, 0.4) is 0 Å². The molecule has 2 N–H and O–H groups in total. The molecule has 3 rings (SSSR count). The Hall–Kier alpha value is -2.89. The molecular formula is C23H31N3O3. The molecule has 2 amide bonds. The fraction of sp³-hybridized carbons (Fsp3) is 0.435. The Kier molecular flexibility index (Phi) is 6.86. The van der Waals surface area contributed by atoms with E-state index < -0.39 is 0 Å². The highest BCUT2D eigenvalue weighted by atomic mass is 16.5. The molecule has 1 saturated heterocycles. The van der Waals surface area contributed by atoms with Crippen LogP contribution in [0.15, 0.2) is 42.5 Å². The van der Waals surface area contributed by atoms with Crippen LogP contribution in [0.4, 0.5) is 10.5 Å². The van der Waals surface area contributed by atoms with Crippen LogP contribution in [0.1, 0.15) is 36.9 Å². The average Bonchev–Trinajstić information content (AvgIpc) is 2.75. The number of para-hydroxylation sites is 1. The summed E-state index contributed by atoms with van der Waals surface area (Å²) in [6.45, 7) is 5.55. The van der Waals surface area contributed by atoms with Gasteiger partial charge < -0.3 is 25.0 Å². The SMILES string of the molecule is COc1ccc(C(C)NC(=O)N2CCC(Nc3ccccc3C)CC2)c(OC)c1. The molecule has 1 atom stereocenters. The summed E-state index contributed by atoms with van der Waals surface area (Å²) < 4.78 is 10.7. The number of nitrogens with one attached hydrogen (secondary N) is 2. The Balaban J connectivity index is 1.54. The monoisotopic (exact) mass is 397 g/mol. The molecule has 1 unspecified atom stereocenters. The van der Waals surface area contributed by atoms with Crippen LogP contribution in [-0.4, -0.2) is 44.3 Å². The molecule has 6 nitrogen and oxygen atoms in total. The van der Waals surface area contributed by atoms with Gasteiger partial charge in [0.15, 0.2) is 0 Å². The van der Waals surface area contributed by atoms with E-state index in [0.717, 1.165) is 37.2 Å². The molecule has 0 saturated carbocycles. The average molecular weight is 398 g/mol. The Morgan fingerprint density at radius 2 is 1.83 bits per heavy atom. The molecule has 2 aromatic rings. The zero-order valence-corrected chi connectivity index (χ0v) is 17.7. The quantitative estimate of drug-likeness (QED) is 0.760. The van der Waals surface area contributed by atoms with Crippen LogP contribution >= 0.6 is 0 Å². The van der Waals surface area contributed by atoms with Crippen molar-refractivity contribution >= 4 is 11.7 Å². The minimum Gasteiger partial charge on any atom is -0.497 e. The molecule has 156 valence electrons. The Labute approximate surface area is 173 Å². The highest BCUT2D eigenvalue weighted by Crippen LogP contribution is 2.29. The molecule has 6 heteroatoms. The van der Waals surface area contributed by atoms with Crippen molar-refractivity contribution in [3.63, 3.8) is 0 Å². The number of methoxy groups -OCH3 is 2. The lowest BCUT2D eigenvalue weighted by molar-refractivity contribution is 0.180. The fourth-order valence-corrected chi connectivity index (χ4v) is 3.71. The van der Waals surface area contributed by atoms with Gasteiger partial charge in [0.2, 0.25) is 0 Å². The summed E-state index contributed by atoms with van der Waals surface area (Å²) in [4.78, 5) is 14.6. The van der Waals surface area contributed by atoms with Crippen LogP contribution in [0.5, 0.6) is 11.5 Å². The molecule has 0 bridgehead atoms. The maximum absolute atomic E-state index is 12.8. The fourth-order valence-electron chi connectivity index (χ4n) is 3.71. The van der Waals surface area contributed by atoms with Gasteiger partial charge in [0.1, 0.15) is 11.5 Å². The maximum Gasteiger partial charge on any atom is 0.317 e. The topological polar surface area (TPSA) is 62.8 Å². The normalized spacial score (nSPS) is 15.5. The van der Waals surface area contributed by atoms with Crippen molar-refractivity contribution in [2.45, 2.75) is 38.8 Å². The number of aryl methyl sites for hydroxylation is 1. The van der Waals surface area contributed by atoms with E-state index in [4.69, 9.17) is 9.47 Å². The van der Waals surface area contributed by atoms with Crippen LogP contribution < -0.4 is 20.1 Å². The first kappa shape index (κ1) is 20.8. The highest BCUT2D eigenvalue weighted by Gasteiger charge is 2.24. The zero-order chi connectivity index (χ0) is 20.8. The molecule has 1 aliphatic heterocycles. The van der Waals surface area contributed by atoms with E-state index in [9.17, 15) is 4.79 Å². The van der Waals surface area contributed by atoms with Gasteiger partial charge in [-0.1, -0.05) is 18.2 Å². The lowest BCUT2D eigenvalue weighted by Gasteiger charge is -2.34. The molecule has 1 heterocycles. The predicted molar refractivity (Wildman–Crippen MR) is 116 cm³/mol. The van der Waals surface area contributed by atoms with Crippen LogP contribution in [0, 0.1) is 6.92 Å². The molecular weight excluding hydrogens is 366 g/mol. The third kappa shape index (κ3) is 5.13. The second-order valence-corrected chi connectivity index (χ2v) is 7.50. The van der Waals surface area contributed by atoms with E-state index in [1.54, 1.807) is 14.2 Å². The second-order valence-electron chi connectivity index (χ2n) is 7.50. The number of carbonyl (C=O) groups is 1. The van der Waals surface area contributed by atoms with Gasteiger partial charge in [-0.15, -0.1) is 0 Å². The number of benzene rings is 2. The zero-order valence-electron chi connectivity index (χ0n) is 17.7. The van der Waals surface area contributed by atoms with E-state index in [1.165, 1.54) is 11.3 Å². The summed E-state index contributed by atoms with van der Waals surface area (Å²) in [5.41, 5.74) is 3.35. The molecule has 0 aliphatic carbocycles. The third-order valence-corrected chi connectivity index (χ3v) is 5.53. The molecule has 29 heavy (non-hydrogen) atoms. The Bertz CT molecular complexity index is 832. The van der Waals surface area contributed by atoms with Crippen molar-refractivity contribution in [1.82, 2.24) is 10.2 Å². The molecule has 0 radical (unpaired) electrons. The summed E-state index contributed by atoms with van der Waals surface area (Å²) >= 11 is 0. The van der Waals surface area contributed by atoms with Crippen molar-refractivity contribution in [1.29, 1.82) is 0 Å². The first-order valence-electron chi connectivity index (χ1n) is 10.1. The Morgan fingerprint density at radius 3 is 2.48 bits per heavy atom. The first-order chi connectivity index (χ1) is 14.0. The number of piperidine rings is 1. The van der Waals surface area contributed by atoms with E-state index in [1.807, 2.05) is 42.2 Å². The van der Waals surface area contributed by atoms with E-state index in [-0.39, 0.29) is 12.1 Å². The summed E-state index contributed by atoms with van der Waals surface area (Å²) in [6, 6.07) is 14.2. The number of ether oxygens (including phenoxy) is 2. The molecule has 1 fully saturated rings. The largest absolute Gasteiger partial charge is 0.497 e. The van der Waals surface area contributed by atoms with Gasteiger partial charge in [-0.25, -0.2) is 4.79 Å². The van der Waals surface area contributed by atoms with Gasteiger partial charge in [0.05, 0.1) is 20.3 Å². The van der Waals surface area contributed by atoms with Gasteiger partial charge in [-0.2, -0.15) is 0 Å². The summed E-state index contributed by atoms with van der Waals surface area (Å²) in [5, 5.41) is 6.71. The number of nitrogens with zero attached hydrogens (tertiary/aromatic N) is 1. The van der Waals surface area contributed by atoms with Gasteiger partial charge in [-0.05, 0) is 50.5 Å². The first-order valence-corrected chi connectivity index (χ1v) is 10.1. The van der Waals surface area contributed by atoms with Crippen LogP contribution in [0.2, 0.25) is 0 Å². The molecule has 0 aromatic heterocycles. The number of likely N-dealkylation sites (tertiary alicyclic amines) is 1. The highest BCUT2D eigenvalue weighted by molar-refractivity contribution is 5.75. The van der Waals surface area contributed by atoms with Crippen molar-refractivity contribution in [2.24, 2.45) is 0 Å². The number of urea groups is 1. The van der Waals surface area contributed by atoms with Gasteiger partial charge in [0.25, 0.3) is 0 Å². The van der Waals surface area contributed by atoms with E-state index >= 15 is 0 Å². The van der Waals surface area contributed by atoms with Crippen molar-refractivity contribution < 1.29 is 14.3 Å². The number of rotatable bonds is 6. The lowest BCUT2D eigenvalue weighted by atomic mass is 10.0. The van der Waals surface area contributed by atoms with Crippen LogP contribution in [-0.2, 0) is 0 Å². The molecule has 1 aliphatic rings. The Morgan fingerprint density at radius 1 is 1.10 bits per heavy atom. The summed E-state index contributed by atoms with van der Waals surface area (Å²) in [7, 11) is 3.25. The van der Waals surface area contributed by atoms with Crippen LogP contribution in [0.25, 0.3) is 0 Å². The minimum atomic E-state index is -0.161. The van der Waals surface area contributed by atoms with E-state index in [2.05, 4.69) is 29.7 Å². The van der Waals surface area contributed by atoms with E-state index in [0.29, 0.717) is 11.8 Å². The third-order valence-electron chi connectivity index (χ3n) is 5.53. The molecule has 2 aromatic carbocycles. The second kappa shape index (κ2) is 9.54. The summed E-state index contributed by atoms with van der Waals surface area (Å²) in [6.07, 6.45) is 1.87. The number of hydrogen-bond acceptors (Lipinski definition) is 4. The van der Waals surface area contributed by atoms with Crippen molar-refractivity contribution in [3.05, 3.63) is 53.6 Å². The standard InChI is InChI=1S/C23H31N3O3/c1-16-7-5-6-8-21(16)25-18-11-13-26(14-12-18)23(27)24-17(2)20-10-9-19(28-3)15-22(20)29-4/h5-10,15,17-18,25H,11-14H2,1-4H3,(H,24,27). The maximum atomic E-state index is 12.8. The van der Waals surface area contributed by atoms with Crippen molar-refractivity contribution in [2.75, 3.05) is 32.6 Å². The number of hydrogen-bond donors (Lipinski definition) is 2. The smallest absolute Gasteiger partial charge is 0.317 e. The number of carbonyl (C=O) groups excluding carboxylic acids is 1. The van der Waals surface area contributed by atoms with Gasteiger partial charge in [-0.3, -0.25) is 0 Å². The predicted octanol–water partition coefficient (Wildman–Crippen LogP) is 4.36. The van der Waals surface area contributed by atoms with Gasteiger partial charge in [0, 0.05) is 36.4 Å². The summed E-state index contributed by atoms with van der Waals surface area (Å²) in [5.74, 6) is 1.44. The number of anilines is 1. The minimum absolute atomic E-state index is 0.0373. The van der Waals surface area contributed by atoms with Crippen molar-refractivity contribution in [3.8, 4) is 11.5 Å². The number of amides is 2.